The molecule has 0 bridgehead atoms. The van der Waals surface area contributed by atoms with E-state index in [1.54, 1.807) is 12.3 Å². The third kappa shape index (κ3) is 1.61. The first-order chi connectivity index (χ1) is 4.74. The lowest BCUT2D eigenvalue weighted by atomic mass is 10.2. The molecule has 1 heterocycles. The summed E-state index contributed by atoms with van der Waals surface area (Å²) >= 11 is 11.3. The van der Waals surface area contributed by atoms with Crippen molar-refractivity contribution in [2.75, 3.05) is 0 Å². The Kier molecular flexibility index (Phi) is 2.52. The van der Waals surface area contributed by atoms with Crippen molar-refractivity contribution < 1.29 is 0 Å². The van der Waals surface area contributed by atoms with Gasteiger partial charge in [0, 0.05) is 11.2 Å². The average Bonchev–Trinajstić information content (AvgIpc) is 1.88. The predicted molar refractivity (Wildman–Crippen MR) is 43.3 cm³/mol. The number of halogens is 2. The van der Waals surface area contributed by atoms with Crippen LogP contribution in [0.1, 0.15) is 5.56 Å². The van der Waals surface area contributed by atoms with Crippen LogP contribution in [0.5, 0.6) is 0 Å². The maximum atomic E-state index is 5.77. The normalized spacial score (nSPS) is 9.90. The molecule has 0 fully saturated rings. The molecule has 0 N–H and O–H groups in total. The molecule has 0 saturated heterocycles. The molecule has 1 nitrogen and oxygen atoms in total. The van der Waals surface area contributed by atoms with Gasteiger partial charge in [0.15, 0.2) is 0 Å². The summed E-state index contributed by atoms with van der Waals surface area (Å²) in [5.74, 6) is 0. The number of hydrogen-bond donors (Lipinski definition) is 0. The lowest BCUT2D eigenvalue weighted by molar-refractivity contribution is 1.19. The van der Waals surface area contributed by atoms with E-state index in [4.69, 9.17) is 23.2 Å². The lowest BCUT2D eigenvalue weighted by Gasteiger charge is -1.97. The van der Waals surface area contributed by atoms with Gasteiger partial charge in [-0.05, 0) is 25.0 Å². The molecule has 0 amide bonds. The monoisotopic (exact) mass is 174 g/mol. The van der Waals surface area contributed by atoms with E-state index in [1.807, 2.05) is 0 Å². The van der Waals surface area contributed by atoms with Gasteiger partial charge in [-0.1, -0.05) is 23.2 Å². The summed E-state index contributed by atoms with van der Waals surface area (Å²) in [6, 6.07) is 1.61. The molecule has 0 unspecified atom stereocenters. The van der Waals surface area contributed by atoms with Crippen molar-refractivity contribution in [1.29, 1.82) is 0 Å². The maximum Gasteiger partial charge on any atom is 0.130 e. The molecule has 0 aliphatic carbocycles. The van der Waals surface area contributed by atoms with E-state index >= 15 is 0 Å². The van der Waals surface area contributed by atoms with E-state index in [2.05, 4.69) is 11.9 Å². The van der Waals surface area contributed by atoms with Crippen LogP contribution < -0.4 is 0 Å². The SMILES string of the molecule is [CH2]Cc1cnc(Cl)cc1Cl. The zero-order valence-corrected chi connectivity index (χ0v) is 6.78. The fraction of sp³-hybridized carbons (Fsp3) is 0.143. The first-order valence-electron chi connectivity index (χ1n) is 2.83. The molecular weight excluding hydrogens is 169 g/mol. The van der Waals surface area contributed by atoms with E-state index in [9.17, 15) is 0 Å². The first kappa shape index (κ1) is 7.83. The summed E-state index contributed by atoms with van der Waals surface area (Å²) in [6.07, 6.45) is 2.28. The van der Waals surface area contributed by atoms with E-state index in [1.165, 1.54) is 0 Å². The van der Waals surface area contributed by atoms with Crippen LogP contribution in [0.25, 0.3) is 0 Å². The zero-order valence-electron chi connectivity index (χ0n) is 5.27. The van der Waals surface area contributed by atoms with Crippen molar-refractivity contribution in [3.63, 3.8) is 0 Å². The molecule has 3 heteroatoms. The molecule has 0 spiro atoms. The van der Waals surface area contributed by atoms with Crippen molar-refractivity contribution in [1.82, 2.24) is 4.98 Å². The summed E-state index contributed by atoms with van der Waals surface area (Å²) in [5, 5.41) is 1.05. The highest BCUT2D eigenvalue weighted by Gasteiger charge is 1.97. The van der Waals surface area contributed by atoms with Gasteiger partial charge in [-0.25, -0.2) is 4.98 Å². The highest BCUT2D eigenvalue weighted by Crippen LogP contribution is 2.18. The number of nitrogens with zero attached hydrogens (tertiary/aromatic N) is 1. The Hall–Kier alpha value is -0.270. The molecule has 53 valence electrons. The molecule has 10 heavy (non-hydrogen) atoms. The summed E-state index contributed by atoms with van der Waals surface area (Å²) in [5.41, 5.74) is 0.922. The molecule has 1 aromatic heterocycles. The van der Waals surface area contributed by atoms with Gasteiger partial charge in [0.1, 0.15) is 5.15 Å². The Labute approximate surface area is 70.0 Å². The second kappa shape index (κ2) is 3.22. The molecule has 1 aromatic rings. The Morgan fingerprint density at radius 3 is 2.70 bits per heavy atom. The summed E-state index contributed by atoms with van der Waals surface area (Å²) in [4.78, 5) is 3.85. The van der Waals surface area contributed by atoms with Crippen LogP contribution in [0.2, 0.25) is 10.2 Å². The van der Waals surface area contributed by atoms with E-state index in [-0.39, 0.29) is 0 Å². The third-order valence-corrected chi connectivity index (χ3v) is 1.72. The van der Waals surface area contributed by atoms with Crippen LogP contribution in [0.4, 0.5) is 0 Å². The van der Waals surface area contributed by atoms with E-state index in [0.29, 0.717) is 16.6 Å². The average molecular weight is 175 g/mol. The maximum absolute atomic E-state index is 5.77. The van der Waals surface area contributed by atoms with Crippen LogP contribution in [-0.4, -0.2) is 4.98 Å². The van der Waals surface area contributed by atoms with Gasteiger partial charge in [-0.2, -0.15) is 0 Å². The van der Waals surface area contributed by atoms with Crippen molar-refractivity contribution >= 4 is 23.2 Å². The zero-order chi connectivity index (χ0) is 7.56. The summed E-state index contributed by atoms with van der Waals surface area (Å²) < 4.78 is 0. The quantitative estimate of drug-likeness (QED) is 0.598. The smallest absolute Gasteiger partial charge is 0.130 e. The van der Waals surface area contributed by atoms with Gasteiger partial charge in [0.25, 0.3) is 0 Å². The minimum Gasteiger partial charge on any atom is -0.244 e. The van der Waals surface area contributed by atoms with Crippen molar-refractivity contribution in [2.45, 2.75) is 6.42 Å². The standard InChI is InChI=1S/C7H6Cl2N/c1-2-5-4-10-7(9)3-6(5)8/h3-4H,1-2H2. The largest absolute Gasteiger partial charge is 0.244 e. The number of hydrogen-bond acceptors (Lipinski definition) is 1. The molecule has 1 rings (SSSR count). The predicted octanol–water partition coefficient (Wildman–Crippen LogP) is 2.76. The van der Waals surface area contributed by atoms with Gasteiger partial charge >= 0.3 is 0 Å². The topological polar surface area (TPSA) is 12.9 Å². The summed E-state index contributed by atoms with van der Waals surface area (Å²) in [7, 11) is 0. The fourth-order valence-electron chi connectivity index (χ4n) is 0.620. The highest BCUT2D eigenvalue weighted by molar-refractivity contribution is 6.34. The van der Waals surface area contributed by atoms with Gasteiger partial charge in [0.05, 0.1) is 0 Å². The van der Waals surface area contributed by atoms with Gasteiger partial charge in [-0.15, -0.1) is 0 Å². The Balaban J connectivity index is 3.07. The van der Waals surface area contributed by atoms with Crippen LogP contribution in [0, 0.1) is 6.92 Å². The summed E-state index contributed by atoms with van der Waals surface area (Å²) in [6.45, 7) is 3.68. The van der Waals surface area contributed by atoms with Crippen LogP contribution in [0.15, 0.2) is 12.3 Å². The Morgan fingerprint density at radius 2 is 2.20 bits per heavy atom. The minimum atomic E-state index is 0.419. The third-order valence-electron chi connectivity index (χ3n) is 1.17. The molecular formula is C7H6Cl2N. The van der Waals surface area contributed by atoms with Gasteiger partial charge in [0.2, 0.25) is 0 Å². The fourth-order valence-corrected chi connectivity index (χ4v) is 1.08. The van der Waals surface area contributed by atoms with Gasteiger partial charge in [-0.3, -0.25) is 0 Å². The Morgan fingerprint density at radius 1 is 1.50 bits per heavy atom. The van der Waals surface area contributed by atoms with Gasteiger partial charge < -0.3 is 0 Å². The lowest BCUT2D eigenvalue weighted by Crippen LogP contribution is -1.84. The van der Waals surface area contributed by atoms with Crippen LogP contribution in [-0.2, 0) is 6.42 Å². The number of pyridine rings is 1. The second-order valence-electron chi connectivity index (χ2n) is 1.85. The van der Waals surface area contributed by atoms with Crippen LogP contribution >= 0.6 is 23.2 Å². The molecule has 1 radical (unpaired) electrons. The van der Waals surface area contributed by atoms with Crippen molar-refractivity contribution in [2.24, 2.45) is 0 Å². The number of aromatic nitrogens is 1. The molecule has 0 aliphatic heterocycles. The van der Waals surface area contributed by atoms with Crippen molar-refractivity contribution in [3.8, 4) is 0 Å². The molecule has 0 saturated carbocycles. The van der Waals surface area contributed by atoms with E-state index < -0.39 is 0 Å². The highest BCUT2D eigenvalue weighted by atomic mass is 35.5. The molecule has 0 aliphatic rings. The molecule has 0 aromatic carbocycles. The van der Waals surface area contributed by atoms with E-state index in [0.717, 1.165) is 5.56 Å². The molecule has 0 atom stereocenters. The Bertz CT molecular complexity index is 235. The number of rotatable bonds is 1. The second-order valence-corrected chi connectivity index (χ2v) is 2.64. The first-order valence-corrected chi connectivity index (χ1v) is 3.59. The van der Waals surface area contributed by atoms with Crippen molar-refractivity contribution in [3.05, 3.63) is 34.9 Å². The van der Waals surface area contributed by atoms with Crippen LogP contribution in [0.3, 0.4) is 0 Å². The minimum absolute atomic E-state index is 0.419.